The van der Waals surface area contributed by atoms with Gasteiger partial charge >= 0.3 is 0 Å². The highest BCUT2D eigenvalue weighted by Crippen LogP contribution is 2.28. The third-order valence-corrected chi connectivity index (χ3v) is 3.46. The summed E-state index contributed by atoms with van der Waals surface area (Å²) in [7, 11) is 0. The van der Waals surface area contributed by atoms with Gasteiger partial charge in [-0.1, -0.05) is 33.6 Å². The van der Waals surface area contributed by atoms with Crippen molar-refractivity contribution in [2.75, 3.05) is 6.54 Å². The maximum Gasteiger partial charge on any atom is 0.280 e. The summed E-state index contributed by atoms with van der Waals surface area (Å²) in [5.74, 6) is 0.677. The smallest absolute Gasteiger partial charge is 0.280 e. The van der Waals surface area contributed by atoms with Gasteiger partial charge < -0.3 is 10.3 Å². The van der Waals surface area contributed by atoms with Crippen LogP contribution in [0.2, 0.25) is 10.0 Å². The molecule has 3 aromatic rings. The van der Waals surface area contributed by atoms with Gasteiger partial charge in [-0.25, -0.2) is 0 Å². The standard InChI is InChI=1S/C12H10Cl2N6O/c13-8-2-1-7(5-9(8)14)11-16-12(21-18-11)10-6-20(4-3-15)19-17-10/h1-2,5-6H,3-4,15H2. The van der Waals surface area contributed by atoms with Crippen molar-refractivity contribution in [3.8, 4) is 23.0 Å². The van der Waals surface area contributed by atoms with Crippen LogP contribution in [0.25, 0.3) is 23.0 Å². The maximum absolute atomic E-state index is 5.97. The summed E-state index contributed by atoms with van der Waals surface area (Å²) in [6.07, 6.45) is 1.69. The molecule has 0 radical (unpaired) electrons. The van der Waals surface area contributed by atoms with Gasteiger partial charge in [0.2, 0.25) is 5.82 Å². The van der Waals surface area contributed by atoms with Gasteiger partial charge in [-0.05, 0) is 18.2 Å². The number of hydrogen-bond acceptors (Lipinski definition) is 6. The molecule has 7 nitrogen and oxygen atoms in total. The number of hydrogen-bond donors (Lipinski definition) is 1. The first-order chi connectivity index (χ1) is 10.2. The molecule has 21 heavy (non-hydrogen) atoms. The maximum atomic E-state index is 5.97. The van der Waals surface area contributed by atoms with E-state index in [2.05, 4.69) is 20.5 Å². The topological polar surface area (TPSA) is 95.7 Å². The average Bonchev–Trinajstić information content (AvgIpc) is 3.11. The number of nitrogens with zero attached hydrogens (tertiary/aromatic N) is 5. The fourth-order valence-electron chi connectivity index (χ4n) is 1.72. The van der Waals surface area contributed by atoms with Crippen LogP contribution in [0.4, 0.5) is 0 Å². The molecule has 0 aliphatic rings. The molecule has 2 N–H and O–H groups in total. The summed E-state index contributed by atoms with van der Waals surface area (Å²) >= 11 is 11.8. The van der Waals surface area contributed by atoms with E-state index in [4.69, 9.17) is 33.5 Å². The van der Waals surface area contributed by atoms with Crippen LogP contribution in [-0.4, -0.2) is 31.7 Å². The Balaban J connectivity index is 1.89. The van der Waals surface area contributed by atoms with E-state index >= 15 is 0 Å². The van der Waals surface area contributed by atoms with Crippen LogP contribution in [-0.2, 0) is 6.54 Å². The molecule has 108 valence electrons. The average molecular weight is 325 g/mol. The zero-order valence-electron chi connectivity index (χ0n) is 10.7. The first kappa shape index (κ1) is 14.0. The molecule has 3 rings (SSSR count). The first-order valence-corrected chi connectivity index (χ1v) is 6.82. The van der Waals surface area contributed by atoms with Crippen molar-refractivity contribution in [2.45, 2.75) is 6.54 Å². The Hall–Kier alpha value is -1.96. The number of aromatic nitrogens is 5. The molecular weight excluding hydrogens is 315 g/mol. The first-order valence-electron chi connectivity index (χ1n) is 6.07. The van der Waals surface area contributed by atoms with Crippen molar-refractivity contribution in [3.63, 3.8) is 0 Å². The fraction of sp³-hybridized carbons (Fsp3) is 0.167. The van der Waals surface area contributed by atoms with Crippen LogP contribution in [0.5, 0.6) is 0 Å². The van der Waals surface area contributed by atoms with Crippen molar-refractivity contribution in [3.05, 3.63) is 34.4 Å². The molecule has 0 saturated carbocycles. The number of halogens is 2. The molecule has 0 bridgehead atoms. The highest BCUT2D eigenvalue weighted by Gasteiger charge is 2.14. The molecule has 0 aliphatic carbocycles. The third kappa shape index (κ3) is 2.90. The molecule has 0 spiro atoms. The predicted molar refractivity (Wildman–Crippen MR) is 77.8 cm³/mol. The quantitative estimate of drug-likeness (QED) is 0.790. The second-order valence-electron chi connectivity index (χ2n) is 4.21. The van der Waals surface area contributed by atoms with Gasteiger partial charge in [0.1, 0.15) is 0 Å². The van der Waals surface area contributed by atoms with Gasteiger partial charge in [0.25, 0.3) is 5.89 Å². The van der Waals surface area contributed by atoms with Crippen molar-refractivity contribution in [2.24, 2.45) is 5.73 Å². The zero-order valence-corrected chi connectivity index (χ0v) is 12.2. The lowest BCUT2D eigenvalue weighted by molar-refractivity contribution is 0.431. The number of benzene rings is 1. The molecule has 2 heterocycles. The van der Waals surface area contributed by atoms with Gasteiger partial charge in [0.05, 0.1) is 22.8 Å². The van der Waals surface area contributed by atoms with E-state index in [0.717, 1.165) is 0 Å². The van der Waals surface area contributed by atoms with E-state index in [0.29, 0.717) is 40.2 Å². The van der Waals surface area contributed by atoms with E-state index in [1.807, 2.05) is 0 Å². The van der Waals surface area contributed by atoms with Crippen molar-refractivity contribution < 1.29 is 4.52 Å². The van der Waals surface area contributed by atoms with Crippen LogP contribution in [0.15, 0.2) is 28.9 Å². The van der Waals surface area contributed by atoms with Crippen LogP contribution in [0, 0.1) is 0 Å². The van der Waals surface area contributed by atoms with E-state index < -0.39 is 0 Å². The van der Waals surface area contributed by atoms with Crippen LogP contribution < -0.4 is 5.73 Å². The molecular formula is C12H10Cl2N6O. The summed E-state index contributed by atoms with van der Waals surface area (Å²) in [4.78, 5) is 4.27. The normalized spacial score (nSPS) is 11.0. The number of nitrogens with two attached hydrogens (primary N) is 1. The summed E-state index contributed by atoms with van der Waals surface area (Å²) in [6, 6.07) is 5.10. The minimum absolute atomic E-state index is 0.277. The van der Waals surface area contributed by atoms with E-state index in [-0.39, 0.29) is 5.89 Å². The van der Waals surface area contributed by atoms with E-state index in [9.17, 15) is 0 Å². The lowest BCUT2D eigenvalue weighted by Gasteiger charge is -1.97. The summed E-state index contributed by atoms with van der Waals surface area (Å²) in [5, 5.41) is 12.7. The van der Waals surface area contributed by atoms with Crippen LogP contribution in [0.3, 0.4) is 0 Å². The number of rotatable bonds is 4. The highest BCUT2D eigenvalue weighted by molar-refractivity contribution is 6.42. The summed E-state index contributed by atoms with van der Waals surface area (Å²) in [5.41, 5.74) is 6.64. The lowest BCUT2D eigenvalue weighted by atomic mass is 10.2. The molecule has 0 amide bonds. The Labute approximate surface area is 129 Å². The SMILES string of the molecule is NCCn1cc(-c2nc(-c3ccc(Cl)c(Cl)c3)no2)nn1. The second-order valence-corrected chi connectivity index (χ2v) is 5.02. The van der Waals surface area contributed by atoms with Crippen LogP contribution in [0.1, 0.15) is 0 Å². The summed E-state index contributed by atoms with van der Waals surface area (Å²) in [6.45, 7) is 1.04. The Bertz CT molecular complexity index is 769. The Morgan fingerprint density at radius 3 is 2.86 bits per heavy atom. The molecule has 9 heteroatoms. The van der Waals surface area contributed by atoms with Crippen molar-refractivity contribution >= 4 is 23.2 Å². The monoisotopic (exact) mass is 324 g/mol. The van der Waals surface area contributed by atoms with Crippen molar-refractivity contribution in [1.29, 1.82) is 0 Å². The summed E-state index contributed by atoms with van der Waals surface area (Å²) < 4.78 is 6.79. The lowest BCUT2D eigenvalue weighted by Crippen LogP contribution is -2.10. The molecule has 0 atom stereocenters. The second kappa shape index (κ2) is 5.80. The molecule has 0 saturated heterocycles. The zero-order chi connectivity index (χ0) is 14.8. The molecule has 0 aliphatic heterocycles. The molecule has 0 unspecified atom stereocenters. The molecule has 1 aromatic carbocycles. The van der Waals surface area contributed by atoms with Gasteiger partial charge in [0, 0.05) is 12.1 Å². The molecule has 0 fully saturated rings. The Kier molecular flexibility index (Phi) is 3.87. The fourth-order valence-corrected chi connectivity index (χ4v) is 2.02. The van der Waals surface area contributed by atoms with Gasteiger partial charge in [-0.15, -0.1) is 5.10 Å². The largest absolute Gasteiger partial charge is 0.332 e. The Morgan fingerprint density at radius 1 is 1.24 bits per heavy atom. The van der Waals surface area contributed by atoms with E-state index in [1.54, 1.807) is 29.1 Å². The highest BCUT2D eigenvalue weighted by atomic mass is 35.5. The van der Waals surface area contributed by atoms with E-state index in [1.165, 1.54) is 0 Å². The van der Waals surface area contributed by atoms with Gasteiger partial charge in [-0.2, -0.15) is 4.98 Å². The third-order valence-electron chi connectivity index (χ3n) is 2.72. The van der Waals surface area contributed by atoms with Crippen LogP contribution >= 0.6 is 23.2 Å². The van der Waals surface area contributed by atoms with Crippen molar-refractivity contribution in [1.82, 2.24) is 25.1 Å². The molecule has 2 aromatic heterocycles. The minimum atomic E-state index is 0.277. The predicted octanol–water partition coefficient (Wildman–Crippen LogP) is 2.26. The Morgan fingerprint density at radius 2 is 2.10 bits per heavy atom. The minimum Gasteiger partial charge on any atom is -0.332 e. The van der Waals surface area contributed by atoms with Gasteiger partial charge in [-0.3, -0.25) is 4.68 Å². The van der Waals surface area contributed by atoms with Gasteiger partial charge in [0.15, 0.2) is 5.69 Å².